The summed E-state index contributed by atoms with van der Waals surface area (Å²) in [6.07, 6.45) is 5.83. The summed E-state index contributed by atoms with van der Waals surface area (Å²) >= 11 is 3.74. The molecule has 0 amide bonds. The molecule has 2 aliphatic carbocycles. The zero-order chi connectivity index (χ0) is 14.3. The number of hydrogen-bond acceptors (Lipinski definition) is 3. The summed E-state index contributed by atoms with van der Waals surface area (Å²) in [6.45, 7) is 1.85. The maximum atomic E-state index is 11.2. The second-order valence-electron chi connectivity index (χ2n) is 5.98. The first-order valence-electron chi connectivity index (χ1n) is 7.09. The minimum atomic E-state index is -0.353. The van der Waals surface area contributed by atoms with Crippen molar-refractivity contribution in [2.75, 3.05) is 0 Å². The van der Waals surface area contributed by atoms with Crippen molar-refractivity contribution in [1.82, 2.24) is 0 Å². The maximum absolute atomic E-state index is 11.2. The van der Waals surface area contributed by atoms with E-state index in [2.05, 4.69) is 15.9 Å². The van der Waals surface area contributed by atoms with Crippen molar-refractivity contribution in [1.29, 1.82) is 0 Å². The van der Waals surface area contributed by atoms with E-state index >= 15 is 0 Å². The molecule has 2 unspecified atom stereocenters. The molecule has 0 heterocycles. The van der Waals surface area contributed by atoms with Crippen LogP contribution in [0.25, 0.3) is 0 Å². The number of nitrogens with zero attached hydrogens (tertiary/aromatic N) is 1. The number of alkyl halides is 1. The van der Waals surface area contributed by atoms with Gasteiger partial charge in [-0.15, -0.1) is 0 Å². The Morgan fingerprint density at radius 1 is 1.40 bits per heavy atom. The van der Waals surface area contributed by atoms with Crippen molar-refractivity contribution < 1.29 is 9.66 Å². The largest absolute Gasteiger partial charge is 0.483 e. The Morgan fingerprint density at radius 3 is 2.70 bits per heavy atom. The van der Waals surface area contributed by atoms with Crippen LogP contribution >= 0.6 is 15.9 Å². The first kappa shape index (κ1) is 13.9. The van der Waals surface area contributed by atoms with E-state index in [4.69, 9.17) is 4.74 Å². The Labute approximate surface area is 126 Å². The molecular weight excluding hydrogens is 322 g/mol. The third-order valence-corrected chi connectivity index (χ3v) is 6.09. The summed E-state index contributed by atoms with van der Waals surface area (Å²) in [7, 11) is 0. The van der Waals surface area contributed by atoms with Crippen LogP contribution in [0.1, 0.15) is 37.7 Å². The van der Waals surface area contributed by atoms with Crippen LogP contribution < -0.4 is 4.74 Å². The zero-order valence-electron chi connectivity index (χ0n) is 11.5. The predicted octanol–water partition coefficient (Wildman–Crippen LogP) is 4.38. The van der Waals surface area contributed by atoms with Crippen LogP contribution in [-0.4, -0.2) is 15.9 Å². The number of nitro benzene ring substituents is 1. The topological polar surface area (TPSA) is 52.4 Å². The van der Waals surface area contributed by atoms with Crippen LogP contribution in [-0.2, 0) is 0 Å². The third-order valence-electron chi connectivity index (χ3n) is 4.80. The molecule has 0 aromatic heterocycles. The summed E-state index contributed by atoms with van der Waals surface area (Å²) in [4.78, 5) is 11.3. The molecule has 1 aromatic carbocycles. The molecule has 0 bridgehead atoms. The van der Waals surface area contributed by atoms with E-state index in [1.165, 1.54) is 12.8 Å². The Morgan fingerprint density at radius 2 is 2.10 bits per heavy atom. The molecule has 0 radical (unpaired) electrons. The minimum absolute atomic E-state index is 0.0798. The molecule has 1 aromatic rings. The molecule has 3 rings (SSSR count). The van der Waals surface area contributed by atoms with E-state index < -0.39 is 0 Å². The van der Waals surface area contributed by atoms with Gasteiger partial charge in [-0.1, -0.05) is 34.8 Å². The number of nitro groups is 1. The van der Waals surface area contributed by atoms with Gasteiger partial charge in [0.2, 0.25) is 0 Å². The summed E-state index contributed by atoms with van der Waals surface area (Å²) in [5, 5.41) is 11.2. The van der Waals surface area contributed by atoms with Crippen molar-refractivity contribution in [3.8, 4) is 5.75 Å². The number of rotatable bonds is 3. The van der Waals surface area contributed by atoms with Gasteiger partial charge in [0.25, 0.3) is 0 Å². The molecule has 0 aliphatic heterocycles. The predicted molar refractivity (Wildman–Crippen MR) is 80.5 cm³/mol. The number of halogens is 1. The van der Waals surface area contributed by atoms with Gasteiger partial charge in [0, 0.05) is 16.3 Å². The Hall–Kier alpha value is -1.10. The second kappa shape index (κ2) is 5.02. The average molecular weight is 340 g/mol. The normalized spacial score (nSPS) is 27.3. The highest BCUT2D eigenvalue weighted by Crippen LogP contribution is 2.58. The first-order valence-corrected chi connectivity index (χ1v) is 8.00. The molecule has 4 nitrogen and oxygen atoms in total. The van der Waals surface area contributed by atoms with Crippen molar-refractivity contribution >= 4 is 21.6 Å². The first-order chi connectivity index (χ1) is 9.53. The summed E-state index contributed by atoms with van der Waals surface area (Å²) in [5.41, 5.74) is 1.15. The highest BCUT2D eigenvalue weighted by Gasteiger charge is 2.56. The van der Waals surface area contributed by atoms with Crippen LogP contribution in [0.2, 0.25) is 0 Å². The highest BCUT2D eigenvalue weighted by atomic mass is 79.9. The fourth-order valence-electron chi connectivity index (χ4n) is 3.56. The van der Waals surface area contributed by atoms with E-state index in [0.29, 0.717) is 10.6 Å². The second-order valence-corrected chi connectivity index (χ2v) is 7.08. The fourth-order valence-corrected chi connectivity index (χ4v) is 4.65. The number of hydrogen-bond donors (Lipinski definition) is 0. The van der Waals surface area contributed by atoms with E-state index in [1.54, 1.807) is 12.1 Å². The molecule has 2 atom stereocenters. The summed E-state index contributed by atoms with van der Waals surface area (Å²) in [5.74, 6) is 0.413. The van der Waals surface area contributed by atoms with Gasteiger partial charge in [0.05, 0.1) is 4.92 Å². The Bertz CT molecular complexity index is 540. The van der Waals surface area contributed by atoms with Crippen LogP contribution in [0.5, 0.6) is 5.75 Å². The van der Waals surface area contributed by atoms with E-state index in [9.17, 15) is 10.1 Å². The van der Waals surface area contributed by atoms with Crippen LogP contribution in [0.4, 0.5) is 5.69 Å². The number of ether oxygens (including phenoxy) is 1. The van der Waals surface area contributed by atoms with Gasteiger partial charge in [0.15, 0.2) is 5.75 Å². The molecule has 2 fully saturated rings. The van der Waals surface area contributed by atoms with Crippen molar-refractivity contribution in [2.24, 2.45) is 5.41 Å². The number of aryl methyl sites for hydroxylation is 1. The molecule has 1 spiro atoms. The summed E-state index contributed by atoms with van der Waals surface area (Å²) < 4.78 is 6.03. The molecular formula is C15H18BrNO3. The minimum Gasteiger partial charge on any atom is -0.483 e. The molecule has 5 heteroatoms. The lowest BCUT2D eigenvalue weighted by Crippen LogP contribution is -2.55. The molecule has 20 heavy (non-hydrogen) atoms. The lowest BCUT2D eigenvalue weighted by Gasteiger charge is -2.51. The molecule has 0 N–H and O–H groups in total. The molecule has 2 aliphatic rings. The Kier molecular flexibility index (Phi) is 3.48. The van der Waals surface area contributed by atoms with Crippen molar-refractivity contribution in [3.63, 3.8) is 0 Å². The Balaban J connectivity index is 1.84. The lowest BCUT2D eigenvalue weighted by atomic mass is 9.64. The van der Waals surface area contributed by atoms with Crippen LogP contribution in [0.3, 0.4) is 0 Å². The van der Waals surface area contributed by atoms with Gasteiger partial charge >= 0.3 is 5.69 Å². The smallest absolute Gasteiger partial charge is 0.311 e. The molecule has 108 valence electrons. The number of benzene rings is 1. The average Bonchev–Trinajstić information content (AvgIpc) is 2.92. The maximum Gasteiger partial charge on any atom is 0.311 e. The highest BCUT2D eigenvalue weighted by molar-refractivity contribution is 9.09. The van der Waals surface area contributed by atoms with E-state index in [0.717, 1.165) is 24.8 Å². The van der Waals surface area contributed by atoms with Gasteiger partial charge in [-0.25, -0.2) is 0 Å². The van der Waals surface area contributed by atoms with Crippen molar-refractivity contribution in [2.45, 2.75) is 50.0 Å². The standard InChI is InChI=1S/C15H18BrNO3/c1-10-4-5-12(11(8-10)17(18)19)20-14-9-13(16)15(14)6-2-3-7-15/h4-5,8,13-14H,2-3,6-7,9H2,1H3. The van der Waals surface area contributed by atoms with Gasteiger partial charge in [0.1, 0.15) is 6.10 Å². The van der Waals surface area contributed by atoms with Gasteiger partial charge in [-0.05, 0) is 37.8 Å². The fraction of sp³-hybridized carbons (Fsp3) is 0.600. The van der Waals surface area contributed by atoms with Gasteiger partial charge in [-0.3, -0.25) is 10.1 Å². The SMILES string of the molecule is Cc1ccc(OC2CC(Br)C23CCCC3)c([N+](=O)[O-])c1. The quantitative estimate of drug-likeness (QED) is 0.466. The summed E-state index contributed by atoms with van der Waals surface area (Å²) in [6, 6.07) is 5.19. The van der Waals surface area contributed by atoms with Crippen LogP contribution in [0, 0.1) is 22.5 Å². The van der Waals surface area contributed by atoms with Gasteiger partial charge in [-0.2, -0.15) is 0 Å². The van der Waals surface area contributed by atoms with Crippen molar-refractivity contribution in [3.05, 3.63) is 33.9 Å². The zero-order valence-corrected chi connectivity index (χ0v) is 13.1. The molecule has 2 saturated carbocycles. The molecule has 0 saturated heterocycles. The third kappa shape index (κ3) is 2.12. The van der Waals surface area contributed by atoms with Gasteiger partial charge < -0.3 is 4.74 Å². The monoisotopic (exact) mass is 339 g/mol. The van der Waals surface area contributed by atoms with Crippen LogP contribution in [0.15, 0.2) is 18.2 Å². The van der Waals surface area contributed by atoms with E-state index in [1.807, 2.05) is 13.0 Å². The van der Waals surface area contributed by atoms with E-state index in [-0.39, 0.29) is 22.1 Å². The lowest BCUT2D eigenvalue weighted by molar-refractivity contribution is -0.386.